The number of nitrogen functional groups attached to an aromatic ring is 1. The second kappa shape index (κ2) is 4.43. The Hall–Kier alpha value is -2.66. The number of carbonyl (C=O) groups is 2. The highest BCUT2D eigenvalue weighted by Gasteiger charge is 2.53. The molecule has 3 N–H and O–H groups in total. The Morgan fingerprint density at radius 1 is 1.14 bits per heavy atom. The van der Waals surface area contributed by atoms with E-state index in [4.69, 9.17) is 5.73 Å². The van der Waals surface area contributed by atoms with Crippen LogP contribution < -0.4 is 10.6 Å². The molecular weight excluding hydrogens is 268 g/mol. The Labute approximate surface area is 121 Å². The predicted octanol–water partition coefficient (Wildman–Crippen LogP) is 1.66. The summed E-state index contributed by atoms with van der Waals surface area (Å²) in [5.74, 6) is -0.925. The lowest BCUT2D eigenvalue weighted by Crippen LogP contribution is -2.50. The van der Waals surface area contributed by atoms with Gasteiger partial charge in [0, 0.05) is 23.7 Å². The highest BCUT2D eigenvalue weighted by molar-refractivity contribution is 6.19. The van der Waals surface area contributed by atoms with E-state index in [1.807, 2.05) is 0 Å². The molecule has 0 bridgehead atoms. The molecule has 106 valence electrons. The fraction of sp³-hybridized carbons (Fsp3) is 0.125. The van der Waals surface area contributed by atoms with E-state index in [9.17, 15) is 14.7 Å². The largest absolute Gasteiger partial charge is 0.399 e. The van der Waals surface area contributed by atoms with Crippen LogP contribution in [-0.2, 0) is 10.5 Å². The number of nitrogens with two attached hydrogens (primary N) is 1. The molecular formula is C16H14N2O3. The van der Waals surface area contributed by atoms with Crippen LogP contribution in [0, 0.1) is 0 Å². The Kier molecular flexibility index (Phi) is 2.81. The quantitative estimate of drug-likeness (QED) is 0.779. The smallest absolute Gasteiger partial charge is 0.236 e. The fourth-order valence-corrected chi connectivity index (χ4v) is 2.70. The minimum absolute atomic E-state index is 0.313. The predicted molar refractivity (Wildman–Crippen MR) is 78.7 cm³/mol. The van der Waals surface area contributed by atoms with Gasteiger partial charge in [-0.25, -0.2) is 0 Å². The first kappa shape index (κ1) is 13.3. The summed E-state index contributed by atoms with van der Waals surface area (Å²) < 4.78 is 0. The van der Waals surface area contributed by atoms with E-state index in [2.05, 4.69) is 0 Å². The van der Waals surface area contributed by atoms with Crippen molar-refractivity contribution in [3.8, 4) is 0 Å². The third kappa shape index (κ3) is 1.75. The Bertz CT molecular complexity index is 739. The minimum atomic E-state index is -2.02. The van der Waals surface area contributed by atoms with E-state index >= 15 is 0 Å². The lowest BCUT2D eigenvalue weighted by atomic mass is 9.96. The van der Waals surface area contributed by atoms with Crippen LogP contribution in [0.4, 0.5) is 11.4 Å². The Morgan fingerprint density at radius 3 is 2.38 bits per heavy atom. The first-order valence-electron chi connectivity index (χ1n) is 6.49. The molecule has 0 spiro atoms. The van der Waals surface area contributed by atoms with E-state index in [0.29, 0.717) is 22.5 Å². The summed E-state index contributed by atoms with van der Waals surface area (Å²) in [7, 11) is 0. The van der Waals surface area contributed by atoms with Crippen LogP contribution >= 0.6 is 0 Å². The molecule has 0 fully saturated rings. The minimum Gasteiger partial charge on any atom is -0.399 e. The van der Waals surface area contributed by atoms with Gasteiger partial charge in [-0.15, -0.1) is 0 Å². The lowest BCUT2D eigenvalue weighted by Gasteiger charge is -2.32. The number of nitrogens with zero attached hydrogens (tertiary/aromatic N) is 1. The van der Waals surface area contributed by atoms with Gasteiger partial charge in [0.1, 0.15) is 0 Å². The van der Waals surface area contributed by atoms with Crippen LogP contribution in [0.15, 0.2) is 48.5 Å². The van der Waals surface area contributed by atoms with Crippen LogP contribution in [0.1, 0.15) is 22.8 Å². The maximum Gasteiger partial charge on any atom is 0.236 e. The zero-order chi connectivity index (χ0) is 15.2. The number of ketones is 1. The van der Waals surface area contributed by atoms with Crippen molar-refractivity contribution in [2.45, 2.75) is 12.6 Å². The number of amides is 1. The van der Waals surface area contributed by atoms with E-state index in [-0.39, 0.29) is 0 Å². The number of carbonyl (C=O) groups excluding carboxylic acids is 2. The van der Waals surface area contributed by atoms with Crippen molar-refractivity contribution in [2.75, 3.05) is 10.6 Å². The summed E-state index contributed by atoms with van der Waals surface area (Å²) in [6.07, 6.45) is 0. The number of para-hydroxylation sites is 1. The van der Waals surface area contributed by atoms with E-state index < -0.39 is 17.4 Å². The molecule has 0 radical (unpaired) electrons. The molecule has 2 aromatic carbocycles. The van der Waals surface area contributed by atoms with Crippen molar-refractivity contribution in [3.05, 3.63) is 59.7 Å². The van der Waals surface area contributed by atoms with Crippen molar-refractivity contribution >= 4 is 23.1 Å². The molecule has 5 heteroatoms. The Morgan fingerprint density at radius 2 is 1.76 bits per heavy atom. The zero-order valence-corrected chi connectivity index (χ0v) is 11.4. The van der Waals surface area contributed by atoms with Crippen molar-refractivity contribution in [2.24, 2.45) is 0 Å². The van der Waals surface area contributed by atoms with Crippen LogP contribution in [0.5, 0.6) is 0 Å². The zero-order valence-electron chi connectivity index (χ0n) is 11.4. The van der Waals surface area contributed by atoms with Crippen molar-refractivity contribution in [3.63, 3.8) is 0 Å². The van der Waals surface area contributed by atoms with Crippen molar-refractivity contribution < 1.29 is 14.7 Å². The molecule has 1 amide bonds. The maximum atomic E-state index is 12.6. The topological polar surface area (TPSA) is 83.6 Å². The summed E-state index contributed by atoms with van der Waals surface area (Å²) in [5, 5.41) is 11.0. The highest BCUT2D eigenvalue weighted by atomic mass is 16.3. The molecule has 2 aromatic rings. The third-order valence-corrected chi connectivity index (χ3v) is 3.66. The molecule has 5 nitrogen and oxygen atoms in total. The third-order valence-electron chi connectivity index (χ3n) is 3.66. The van der Waals surface area contributed by atoms with Gasteiger partial charge in [0.2, 0.25) is 17.4 Å². The summed E-state index contributed by atoms with van der Waals surface area (Å²) in [6.45, 7) is 1.32. The van der Waals surface area contributed by atoms with Crippen molar-refractivity contribution in [1.29, 1.82) is 0 Å². The molecule has 21 heavy (non-hydrogen) atoms. The number of aliphatic hydroxyl groups is 1. The van der Waals surface area contributed by atoms with E-state index in [1.165, 1.54) is 6.92 Å². The first-order chi connectivity index (χ1) is 9.96. The van der Waals surface area contributed by atoms with Gasteiger partial charge in [0.25, 0.3) is 0 Å². The van der Waals surface area contributed by atoms with Gasteiger partial charge < -0.3 is 10.8 Å². The van der Waals surface area contributed by atoms with E-state index in [1.54, 1.807) is 48.5 Å². The molecule has 1 atom stereocenters. The average molecular weight is 282 g/mol. The summed E-state index contributed by atoms with van der Waals surface area (Å²) in [4.78, 5) is 25.8. The molecule has 1 heterocycles. The molecule has 0 aliphatic carbocycles. The van der Waals surface area contributed by atoms with Gasteiger partial charge in [0.05, 0.1) is 5.69 Å². The lowest BCUT2D eigenvalue weighted by molar-refractivity contribution is -0.120. The summed E-state index contributed by atoms with van der Waals surface area (Å²) >= 11 is 0. The monoisotopic (exact) mass is 282 g/mol. The standard InChI is InChI=1S/C16H14N2O3/c1-10(19)18-14-5-3-2-4-13(14)15(20)16(18,21)11-6-8-12(17)9-7-11/h2-9,21H,17H2,1H3. The van der Waals surface area contributed by atoms with Crippen LogP contribution in [0.25, 0.3) is 0 Å². The molecule has 0 saturated heterocycles. The second-order valence-corrected chi connectivity index (χ2v) is 4.99. The summed E-state index contributed by atoms with van der Waals surface area (Å²) in [5.41, 5.74) is 5.17. The summed E-state index contributed by atoms with van der Waals surface area (Å²) in [6, 6.07) is 12.9. The van der Waals surface area contributed by atoms with Crippen molar-refractivity contribution in [1.82, 2.24) is 0 Å². The molecule has 3 rings (SSSR count). The van der Waals surface area contributed by atoms with E-state index in [0.717, 1.165) is 4.90 Å². The highest BCUT2D eigenvalue weighted by Crippen LogP contribution is 2.43. The van der Waals surface area contributed by atoms with Crippen LogP contribution in [0.2, 0.25) is 0 Å². The number of anilines is 2. The van der Waals surface area contributed by atoms with Gasteiger partial charge in [-0.05, 0) is 24.3 Å². The fourth-order valence-electron chi connectivity index (χ4n) is 2.70. The maximum absolute atomic E-state index is 12.6. The number of hydrogen-bond acceptors (Lipinski definition) is 4. The van der Waals surface area contributed by atoms with Gasteiger partial charge in [-0.1, -0.05) is 24.3 Å². The number of fused-ring (bicyclic) bond motifs is 1. The SMILES string of the molecule is CC(=O)N1c2ccccc2C(=O)C1(O)c1ccc(N)cc1. The van der Waals surface area contributed by atoms with Gasteiger partial charge in [-0.2, -0.15) is 0 Å². The van der Waals surface area contributed by atoms with Gasteiger partial charge in [0.15, 0.2) is 0 Å². The molecule has 1 aliphatic rings. The second-order valence-electron chi connectivity index (χ2n) is 4.99. The first-order valence-corrected chi connectivity index (χ1v) is 6.49. The number of Topliss-reactive ketones (excluding diaryl/α,β-unsaturated/α-hetero) is 1. The number of hydrogen-bond donors (Lipinski definition) is 2. The Balaban J connectivity index is 2.24. The van der Waals surface area contributed by atoms with Crippen LogP contribution in [0.3, 0.4) is 0 Å². The van der Waals surface area contributed by atoms with Gasteiger partial charge in [-0.3, -0.25) is 14.5 Å². The molecule has 1 aliphatic heterocycles. The molecule has 0 aromatic heterocycles. The normalized spacial score (nSPS) is 20.5. The molecule has 0 saturated carbocycles. The number of benzene rings is 2. The number of rotatable bonds is 1. The van der Waals surface area contributed by atoms with Crippen LogP contribution in [-0.4, -0.2) is 16.8 Å². The molecule has 1 unspecified atom stereocenters. The van der Waals surface area contributed by atoms with Gasteiger partial charge >= 0.3 is 0 Å². The average Bonchev–Trinajstić information content (AvgIpc) is 2.69.